The van der Waals surface area contributed by atoms with Gasteiger partial charge in [0.05, 0.1) is 18.6 Å². The maximum atomic E-state index is 5.69. The van der Waals surface area contributed by atoms with Crippen LogP contribution in [-0.4, -0.2) is 46.5 Å². The third-order valence-corrected chi connectivity index (χ3v) is 3.34. The molecule has 0 amide bonds. The van der Waals surface area contributed by atoms with Gasteiger partial charge in [0.2, 0.25) is 0 Å². The van der Waals surface area contributed by atoms with Crippen LogP contribution in [0.2, 0.25) is 0 Å². The molecule has 2 heterocycles. The van der Waals surface area contributed by atoms with Crippen LogP contribution < -0.4 is 0 Å². The van der Waals surface area contributed by atoms with E-state index in [-0.39, 0.29) is 0 Å². The highest BCUT2D eigenvalue weighted by molar-refractivity contribution is 5.06. The average molecular weight is 276 g/mol. The summed E-state index contributed by atoms with van der Waals surface area (Å²) in [5, 5.41) is 0. The summed E-state index contributed by atoms with van der Waals surface area (Å²) in [6, 6.07) is 4.07. The summed E-state index contributed by atoms with van der Waals surface area (Å²) in [5.74, 6) is 1.98. The zero-order chi connectivity index (χ0) is 14.5. The van der Waals surface area contributed by atoms with E-state index in [4.69, 9.17) is 4.42 Å². The molecule has 0 saturated heterocycles. The smallest absolute Gasteiger partial charge is 0.118 e. The number of furan rings is 1. The van der Waals surface area contributed by atoms with E-state index < -0.39 is 0 Å². The van der Waals surface area contributed by atoms with Gasteiger partial charge in [0.15, 0.2) is 0 Å². The van der Waals surface area contributed by atoms with Gasteiger partial charge in [-0.15, -0.1) is 0 Å². The molecule has 2 aromatic heterocycles. The van der Waals surface area contributed by atoms with Crippen molar-refractivity contribution in [1.82, 2.24) is 19.4 Å². The molecule has 2 aromatic rings. The Morgan fingerprint density at radius 2 is 2.00 bits per heavy atom. The molecule has 5 heteroatoms. The topological polar surface area (TPSA) is 37.4 Å². The number of aryl methyl sites for hydroxylation is 2. The van der Waals surface area contributed by atoms with Crippen molar-refractivity contribution in [3.8, 4) is 0 Å². The molecule has 20 heavy (non-hydrogen) atoms. The highest BCUT2D eigenvalue weighted by atomic mass is 16.3. The molecule has 110 valence electrons. The maximum Gasteiger partial charge on any atom is 0.118 e. The third kappa shape index (κ3) is 4.21. The zero-order valence-corrected chi connectivity index (χ0v) is 12.8. The fourth-order valence-corrected chi connectivity index (χ4v) is 2.11. The van der Waals surface area contributed by atoms with Crippen LogP contribution in [0.1, 0.15) is 17.2 Å². The van der Waals surface area contributed by atoms with E-state index in [0.717, 1.165) is 37.7 Å². The van der Waals surface area contributed by atoms with E-state index in [1.165, 1.54) is 5.69 Å². The van der Waals surface area contributed by atoms with E-state index in [2.05, 4.69) is 39.5 Å². The molecule has 0 unspecified atom stereocenters. The van der Waals surface area contributed by atoms with Crippen molar-refractivity contribution in [2.75, 3.05) is 27.2 Å². The summed E-state index contributed by atoms with van der Waals surface area (Å²) in [6.07, 6.45) is 3.77. The van der Waals surface area contributed by atoms with Crippen molar-refractivity contribution in [2.24, 2.45) is 7.05 Å². The molecular weight excluding hydrogens is 252 g/mol. The van der Waals surface area contributed by atoms with E-state index >= 15 is 0 Å². The lowest BCUT2D eigenvalue weighted by atomic mass is 10.3. The van der Waals surface area contributed by atoms with Crippen molar-refractivity contribution in [3.63, 3.8) is 0 Å². The maximum absolute atomic E-state index is 5.69. The van der Waals surface area contributed by atoms with Crippen molar-refractivity contribution < 1.29 is 4.42 Å². The lowest BCUT2D eigenvalue weighted by molar-refractivity contribution is 0.206. The minimum atomic E-state index is 0.826. The minimum absolute atomic E-state index is 0.826. The molecule has 0 aliphatic carbocycles. The number of hydrogen-bond donors (Lipinski definition) is 0. The van der Waals surface area contributed by atoms with Crippen LogP contribution in [-0.2, 0) is 20.1 Å². The Labute approximate surface area is 120 Å². The first-order valence-corrected chi connectivity index (χ1v) is 6.92. The van der Waals surface area contributed by atoms with Gasteiger partial charge in [0.25, 0.3) is 0 Å². The predicted octanol–water partition coefficient (Wildman–Crippen LogP) is 1.89. The fraction of sp³-hybridized carbons (Fsp3) is 0.533. The molecule has 0 aliphatic rings. The van der Waals surface area contributed by atoms with Crippen LogP contribution in [0.4, 0.5) is 0 Å². The van der Waals surface area contributed by atoms with Crippen molar-refractivity contribution in [2.45, 2.75) is 20.0 Å². The van der Waals surface area contributed by atoms with Gasteiger partial charge >= 0.3 is 0 Å². The first-order valence-electron chi connectivity index (χ1n) is 6.92. The summed E-state index contributed by atoms with van der Waals surface area (Å²) < 4.78 is 7.76. The highest BCUT2D eigenvalue weighted by Gasteiger charge is 2.11. The largest absolute Gasteiger partial charge is 0.465 e. The van der Waals surface area contributed by atoms with Gasteiger partial charge in [-0.05, 0) is 33.2 Å². The summed E-state index contributed by atoms with van der Waals surface area (Å²) in [4.78, 5) is 8.77. The minimum Gasteiger partial charge on any atom is -0.465 e. The number of hydrogen-bond acceptors (Lipinski definition) is 4. The third-order valence-electron chi connectivity index (χ3n) is 3.34. The first kappa shape index (κ1) is 14.8. The Morgan fingerprint density at radius 1 is 1.20 bits per heavy atom. The molecule has 0 fully saturated rings. The highest BCUT2D eigenvalue weighted by Crippen LogP contribution is 2.12. The molecule has 0 radical (unpaired) electrons. The number of imidazole rings is 1. The summed E-state index contributed by atoms with van der Waals surface area (Å²) in [6.45, 7) is 5.71. The van der Waals surface area contributed by atoms with Gasteiger partial charge < -0.3 is 13.9 Å². The number of nitrogens with zero attached hydrogens (tertiary/aromatic N) is 4. The van der Waals surface area contributed by atoms with E-state index in [1.807, 2.05) is 32.6 Å². The first-order chi connectivity index (χ1) is 9.54. The SMILES string of the molecule is Cc1ccc(CN(CCN(C)C)Cc2cncn2C)o1. The molecule has 0 bridgehead atoms. The van der Waals surface area contributed by atoms with Gasteiger partial charge in [-0.3, -0.25) is 4.90 Å². The second-order valence-corrected chi connectivity index (χ2v) is 5.52. The predicted molar refractivity (Wildman–Crippen MR) is 79.3 cm³/mol. The zero-order valence-electron chi connectivity index (χ0n) is 12.8. The Bertz CT molecular complexity index is 529. The van der Waals surface area contributed by atoms with E-state index in [9.17, 15) is 0 Å². The Morgan fingerprint density at radius 3 is 2.55 bits per heavy atom. The number of likely N-dealkylation sites (N-methyl/N-ethyl adjacent to an activating group) is 1. The Balaban J connectivity index is 2.02. The van der Waals surface area contributed by atoms with Gasteiger partial charge in [-0.2, -0.15) is 0 Å². The summed E-state index contributed by atoms with van der Waals surface area (Å²) in [7, 11) is 6.22. The van der Waals surface area contributed by atoms with Crippen LogP contribution in [0.3, 0.4) is 0 Å². The van der Waals surface area contributed by atoms with Crippen LogP contribution >= 0.6 is 0 Å². The second-order valence-electron chi connectivity index (χ2n) is 5.52. The number of rotatable bonds is 7. The monoisotopic (exact) mass is 276 g/mol. The van der Waals surface area contributed by atoms with E-state index in [1.54, 1.807) is 0 Å². The van der Waals surface area contributed by atoms with Crippen molar-refractivity contribution in [3.05, 3.63) is 41.9 Å². The lowest BCUT2D eigenvalue weighted by Gasteiger charge is -2.23. The van der Waals surface area contributed by atoms with Gasteiger partial charge in [0, 0.05) is 32.9 Å². The summed E-state index contributed by atoms with van der Waals surface area (Å²) in [5.41, 5.74) is 1.21. The average Bonchev–Trinajstić information content (AvgIpc) is 2.96. The van der Waals surface area contributed by atoms with Gasteiger partial charge in [0.1, 0.15) is 11.5 Å². The Hall–Kier alpha value is -1.59. The molecule has 0 aromatic carbocycles. The summed E-state index contributed by atoms with van der Waals surface area (Å²) >= 11 is 0. The molecule has 0 saturated carbocycles. The fourth-order valence-electron chi connectivity index (χ4n) is 2.11. The molecule has 0 atom stereocenters. The van der Waals surface area contributed by atoms with Crippen LogP contribution in [0.25, 0.3) is 0 Å². The van der Waals surface area contributed by atoms with E-state index in [0.29, 0.717) is 0 Å². The van der Waals surface area contributed by atoms with Gasteiger partial charge in [-0.25, -0.2) is 4.98 Å². The van der Waals surface area contributed by atoms with Crippen LogP contribution in [0, 0.1) is 6.92 Å². The quantitative estimate of drug-likeness (QED) is 0.774. The molecule has 0 N–H and O–H groups in total. The van der Waals surface area contributed by atoms with Crippen molar-refractivity contribution in [1.29, 1.82) is 0 Å². The van der Waals surface area contributed by atoms with Crippen molar-refractivity contribution >= 4 is 0 Å². The lowest BCUT2D eigenvalue weighted by Crippen LogP contribution is -2.31. The normalized spacial score (nSPS) is 11.7. The molecule has 5 nitrogen and oxygen atoms in total. The molecular formula is C15H24N4O. The second kappa shape index (κ2) is 6.72. The van der Waals surface area contributed by atoms with Crippen LogP contribution in [0.15, 0.2) is 29.1 Å². The van der Waals surface area contributed by atoms with Crippen LogP contribution in [0.5, 0.6) is 0 Å². The molecule has 0 spiro atoms. The standard InChI is InChI=1S/C15H24N4O/c1-13-5-6-15(20-13)11-19(8-7-17(2)3)10-14-9-16-12-18(14)4/h5-6,9,12H,7-8,10-11H2,1-4H3. The molecule has 0 aliphatic heterocycles. The van der Waals surface area contributed by atoms with Gasteiger partial charge in [-0.1, -0.05) is 0 Å². The number of aromatic nitrogens is 2. The Kier molecular flexibility index (Phi) is 4.98. The molecule has 2 rings (SSSR count).